The molecule has 0 aliphatic carbocycles. The first kappa shape index (κ1) is 18.0. The zero-order valence-electron chi connectivity index (χ0n) is 14.6. The molecule has 136 valence electrons. The van der Waals surface area contributed by atoms with E-state index in [-0.39, 0.29) is 12.2 Å². The number of carbonyl (C=O) groups excluding carboxylic acids is 2. The van der Waals surface area contributed by atoms with E-state index in [1.54, 1.807) is 30.3 Å². The molecule has 7 nitrogen and oxygen atoms in total. The maximum Gasteiger partial charge on any atom is 0.275 e. The van der Waals surface area contributed by atoms with E-state index in [1.165, 1.54) is 6.08 Å². The number of rotatable bonds is 6. The molecule has 0 bridgehead atoms. The SMILES string of the molecule is CCOc1cc(C=C2C(=O)NNC2=O)ccc1OCc1ccccc1C#N. The minimum Gasteiger partial charge on any atom is -0.490 e. The van der Waals surface area contributed by atoms with Gasteiger partial charge in [0.15, 0.2) is 11.5 Å². The number of amides is 2. The monoisotopic (exact) mass is 363 g/mol. The predicted molar refractivity (Wildman–Crippen MR) is 97.4 cm³/mol. The van der Waals surface area contributed by atoms with Crippen molar-refractivity contribution in [2.75, 3.05) is 6.61 Å². The Balaban J connectivity index is 1.84. The molecule has 0 unspecified atom stereocenters. The highest BCUT2D eigenvalue weighted by atomic mass is 16.5. The Morgan fingerprint density at radius 3 is 2.48 bits per heavy atom. The summed E-state index contributed by atoms with van der Waals surface area (Å²) in [6, 6.07) is 14.5. The Bertz CT molecular complexity index is 942. The van der Waals surface area contributed by atoms with Gasteiger partial charge < -0.3 is 9.47 Å². The fourth-order valence-corrected chi connectivity index (χ4v) is 2.56. The average molecular weight is 363 g/mol. The number of nitrogens with one attached hydrogen (secondary N) is 2. The summed E-state index contributed by atoms with van der Waals surface area (Å²) in [4.78, 5) is 23.3. The first-order chi connectivity index (χ1) is 13.1. The van der Waals surface area contributed by atoms with Gasteiger partial charge in [-0.05, 0) is 36.8 Å². The van der Waals surface area contributed by atoms with Crippen LogP contribution in [0.5, 0.6) is 11.5 Å². The number of nitriles is 1. The number of hydrogen-bond acceptors (Lipinski definition) is 5. The van der Waals surface area contributed by atoms with Crippen LogP contribution in [-0.2, 0) is 16.2 Å². The molecule has 0 spiro atoms. The second kappa shape index (κ2) is 8.06. The van der Waals surface area contributed by atoms with Gasteiger partial charge in [-0.3, -0.25) is 20.4 Å². The largest absolute Gasteiger partial charge is 0.490 e. The molecule has 1 saturated heterocycles. The summed E-state index contributed by atoms with van der Waals surface area (Å²) >= 11 is 0. The van der Waals surface area contributed by atoms with Gasteiger partial charge in [-0.1, -0.05) is 24.3 Å². The molecule has 1 aliphatic rings. The Labute approximate surface area is 156 Å². The molecular formula is C20H17N3O4. The quantitative estimate of drug-likeness (QED) is 0.605. The molecule has 1 aliphatic heterocycles. The van der Waals surface area contributed by atoms with Crippen molar-refractivity contribution in [2.24, 2.45) is 0 Å². The number of benzene rings is 2. The van der Waals surface area contributed by atoms with Crippen molar-refractivity contribution in [1.29, 1.82) is 5.26 Å². The lowest BCUT2D eigenvalue weighted by molar-refractivity contribution is -0.117. The average Bonchev–Trinajstić information content (AvgIpc) is 3.00. The van der Waals surface area contributed by atoms with Crippen LogP contribution in [0, 0.1) is 11.3 Å². The van der Waals surface area contributed by atoms with Gasteiger partial charge in [0.2, 0.25) is 0 Å². The summed E-state index contributed by atoms with van der Waals surface area (Å²) in [6.07, 6.45) is 1.48. The summed E-state index contributed by atoms with van der Waals surface area (Å²) in [5.41, 5.74) is 6.48. The van der Waals surface area contributed by atoms with Crippen LogP contribution in [0.4, 0.5) is 0 Å². The van der Waals surface area contributed by atoms with Crippen molar-refractivity contribution in [2.45, 2.75) is 13.5 Å². The third-order valence-corrected chi connectivity index (χ3v) is 3.88. The van der Waals surface area contributed by atoms with Crippen LogP contribution in [0.3, 0.4) is 0 Å². The maximum absolute atomic E-state index is 11.6. The molecule has 2 aromatic rings. The third-order valence-electron chi connectivity index (χ3n) is 3.88. The summed E-state index contributed by atoms with van der Waals surface area (Å²) in [7, 11) is 0. The van der Waals surface area contributed by atoms with E-state index >= 15 is 0 Å². The second-order valence-electron chi connectivity index (χ2n) is 5.66. The van der Waals surface area contributed by atoms with Gasteiger partial charge in [0.25, 0.3) is 11.8 Å². The molecular weight excluding hydrogens is 346 g/mol. The van der Waals surface area contributed by atoms with Crippen molar-refractivity contribution in [1.82, 2.24) is 10.9 Å². The summed E-state index contributed by atoms with van der Waals surface area (Å²) in [5, 5.41) is 9.17. The molecule has 0 aromatic heterocycles. The molecule has 2 aromatic carbocycles. The Hall–Kier alpha value is -3.79. The number of nitrogens with zero attached hydrogens (tertiary/aromatic N) is 1. The number of carbonyl (C=O) groups is 2. The predicted octanol–water partition coefficient (Wildman–Crippen LogP) is 2.08. The Kier molecular flexibility index (Phi) is 5.38. The van der Waals surface area contributed by atoms with Crippen LogP contribution in [0.25, 0.3) is 6.08 Å². The lowest BCUT2D eigenvalue weighted by Crippen LogP contribution is -2.28. The Morgan fingerprint density at radius 1 is 1.04 bits per heavy atom. The van der Waals surface area contributed by atoms with Crippen molar-refractivity contribution < 1.29 is 19.1 Å². The molecule has 7 heteroatoms. The molecule has 1 heterocycles. The smallest absolute Gasteiger partial charge is 0.275 e. The van der Waals surface area contributed by atoms with Gasteiger partial charge >= 0.3 is 0 Å². The molecule has 2 amide bonds. The zero-order valence-corrected chi connectivity index (χ0v) is 14.6. The van der Waals surface area contributed by atoms with Crippen molar-refractivity contribution in [3.05, 3.63) is 64.7 Å². The molecule has 0 radical (unpaired) electrons. The fourth-order valence-electron chi connectivity index (χ4n) is 2.56. The number of hydrogen-bond donors (Lipinski definition) is 2. The lowest BCUT2D eigenvalue weighted by Gasteiger charge is -2.13. The second-order valence-corrected chi connectivity index (χ2v) is 5.66. The normalized spacial score (nSPS) is 12.8. The minimum absolute atomic E-state index is 0.0223. The highest BCUT2D eigenvalue weighted by Gasteiger charge is 2.25. The van der Waals surface area contributed by atoms with Gasteiger partial charge in [0.05, 0.1) is 18.2 Å². The van der Waals surface area contributed by atoms with E-state index < -0.39 is 11.8 Å². The van der Waals surface area contributed by atoms with Gasteiger partial charge in [-0.25, -0.2) is 0 Å². The lowest BCUT2D eigenvalue weighted by atomic mass is 10.1. The maximum atomic E-state index is 11.6. The topological polar surface area (TPSA) is 100 Å². The van der Waals surface area contributed by atoms with E-state index in [1.807, 2.05) is 19.1 Å². The molecule has 27 heavy (non-hydrogen) atoms. The van der Waals surface area contributed by atoms with Gasteiger partial charge in [-0.15, -0.1) is 0 Å². The van der Waals surface area contributed by atoms with Crippen LogP contribution in [-0.4, -0.2) is 18.4 Å². The van der Waals surface area contributed by atoms with E-state index in [0.29, 0.717) is 29.2 Å². The van der Waals surface area contributed by atoms with E-state index in [0.717, 1.165) is 5.56 Å². The van der Waals surface area contributed by atoms with Gasteiger partial charge in [0.1, 0.15) is 12.2 Å². The highest BCUT2D eigenvalue weighted by Crippen LogP contribution is 2.30. The number of hydrazine groups is 1. The van der Waals surface area contributed by atoms with Crippen molar-refractivity contribution >= 4 is 17.9 Å². The number of ether oxygens (including phenoxy) is 2. The third kappa shape index (κ3) is 4.07. The van der Waals surface area contributed by atoms with Crippen LogP contribution >= 0.6 is 0 Å². The van der Waals surface area contributed by atoms with Crippen molar-refractivity contribution in [3.8, 4) is 17.6 Å². The first-order valence-corrected chi connectivity index (χ1v) is 8.32. The van der Waals surface area contributed by atoms with Gasteiger partial charge in [-0.2, -0.15) is 5.26 Å². The molecule has 3 rings (SSSR count). The summed E-state index contributed by atoms with van der Waals surface area (Å²) in [6.45, 7) is 2.49. The minimum atomic E-state index is -0.480. The van der Waals surface area contributed by atoms with Crippen LogP contribution < -0.4 is 20.3 Å². The van der Waals surface area contributed by atoms with Crippen LogP contribution in [0.15, 0.2) is 48.0 Å². The van der Waals surface area contributed by atoms with E-state index in [4.69, 9.17) is 14.7 Å². The van der Waals surface area contributed by atoms with Gasteiger partial charge in [0, 0.05) is 5.56 Å². The summed E-state index contributed by atoms with van der Waals surface area (Å²) < 4.78 is 11.5. The molecule has 0 saturated carbocycles. The first-order valence-electron chi connectivity index (χ1n) is 8.32. The molecule has 2 N–H and O–H groups in total. The molecule has 0 atom stereocenters. The zero-order chi connectivity index (χ0) is 19.2. The van der Waals surface area contributed by atoms with Crippen LogP contribution in [0.2, 0.25) is 0 Å². The van der Waals surface area contributed by atoms with E-state index in [2.05, 4.69) is 16.9 Å². The van der Waals surface area contributed by atoms with Crippen LogP contribution in [0.1, 0.15) is 23.6 Å². The van der Waals surface area contributed by atoms with E-state index in [9.17, 15) is 9.59 Å². The fraction of sp³-hybridized carbons (Fsp3) is 0.150. The standard InChI is InChI=1S/C20H17N3O4/c1-2-26-18-10-13(9-16-19(24)22-23-20(16)25)7-8-17(18)27-12-15-6-4-3-5-14(15)11-21/h3-10H,2,12H2,1H3,(H,22,24)(H,23,25). The Morgan fingerprint density at radius 2 is 1.78 bits per heavy atom. The van der Waals surface area contributed by atoms with Crippen molar-refractivity contribution in [3.63, 3.8) is 0 Å². The highest BCUT2D eigenvalue weighted by molar-refractivity contribution is 6.25. The molecule has 1 fully saturated rings. The summed E-state index contributed by atoms with van der Waals surface area (Å²) in [5.74, 6) is 0.0324.